The van der Waals surface area contributed by atoms with Crippen molar-refractivity contribution in [2.45, 2.75) is 26.5 Å². The van der Waals surface area contributed by atoms with Crippen molar-refractivity contribution in [2.24, 2.45) is 5.73 Å². The largest absolute Gasteiger partial charge is 0.474 e. The Morgan fingerprint density at radius 1 is 1.62 bits per heavy atom. The summed E-state index contributed by atoms with van der Waals surface area (Å²) >= 11 is 2.20. The summed E-state index contributed by atoms with van der Waals surface area (Å²) in [5, 5.41) is 0. The van der Waals surface area contributed by atoms with Gasteiger partial charge in [-0.15, -0.1) is 0 Å². The van der Waals surface area contributed by atoms with Crippen molar-refractivity contribution in [2.75, 3.05) is 0 Å². The molecular weight excluding hydrogens is 279 g/mol. The third-order valence-electron chi connectivity index (χ3n) is 1.45. The molecule has 0 saturated carbocycles. The summed E-state index contributed by atoms with van der Waals surface area (Å²) in [7, 11) is 0. The van der Waals surface area contributed by atoms with Gasteiger partial charge >= 0.3 is 0 Å². The van der Waals surface area contributed by atoms with Gasteiger partial charge in [0.1, 0.15) is 0 Å². The van der Waals surface area contributed by atoms with Crippen LogP contribution in [0.1, 0.15) is 19.4 Å². The van der Waals surface area contributed by atoms with Crippen LogP contribution in [0, 0.1) is 3.57 Å². The number of rotatable bonds is 3. The fourth-order valence-corrected chi connectivity index (χ4v) is 1.55. The van der Waals surface area contributed by atoms with Gasteiger partial charge in [0.25, 0.3) is 0 Å². The minimum Gasteiger partial charge on any atom is -0.474 e. The number of nitrogens with two attached hydrogens (primary N) is 1. The van der Waals surface area contributed by atoms with E-state index < -0.39 is 0 Å². The van der Waals surface area contributed by atoms with E-state index in [4.69, 9.17) is 10.5 Å². The fourth-order valence-electron chi connectivity index (χ4n) is 0.887. The first-order chi connectivity index (χ1) is 6.13. The van der Waals surface area contributed by atoms with Crippen LogP contribution in [0.5, 0.6) is 5.88 Å². The molecule has 0 spiro atoms. The predicted molar refractivity (Wildman–Crippen MR) is 60.6 cm³/mol. The van der Waals surface area contributed by atoms with E-state index >= 15 is 0 Å². The van der Waals surface area contributed by atoms with Crippen molar-refractivity contribution < 1.29 is 4.74 Å². The second-order valence-electron chi connectivity index (χ2n) is 3.00. The monoisotopic (exact) mass is 292 g/mol. The summed E-state index contributed by atoms with van der Waals surface area (Å²) in [6.45, 7) is 4.48. The Balaban J connectivity index is 2.85. The molecule has 0 unspecified atom stereocenters. The van der Waals surface area contributed by atoms with E-state index in [1.165, 1.54) is 0 Å². The van der Waals surface area contributed by atoms with E-state index in [2.05, 4.69) is 27.6 Å². The van der Waals surface area contributed by atoms with Crippen molar-refractivity contribution in [3.05, 3.63) is 21.4 Å². The lowest BCUT2D eigenvalue weighted by Gasteiger charge is -2.10. The maximum atomic E-state index is 5.49. The Kier molecular flexibility index (Phi) is 3.92. The molecule has 0 atom stereocenters. The molecule has 0 radical (unpaired) electrons. The van der Waals surface area contributed by atoms with Crippen LogP contribution in [-0.2, 0) is 6.54 Å². The minimum atomic E-state index is 0.157. The highest BCUT2D eigenvalue weighted by atomic mass is 127. The van der Waals surface area contributed by atoms with Crippen LogP contribution in [0.2, 0.25) is 0 Å². The zero-order valence-corrected chi connectivity index (χ0v) is 9.91. The molecule has 1 aromatic rings. The van der Waals surface area contributed by atoms with Crippen LogP contribution in [0.15, 0.2) is 12.3 Å². The van der Waals surface area contributed by atoms with E-state index in [0.717, 1.165) is 9.13 Å². The standard InChI is InChI=1S/C9H13IN2O/c1-6(2)13-9-8(10)3-7(4-11)5-12-9/h3,5-6H,4,11H2,1-2H3. The molecule has 1 aromatic heterocycles. The molecule has 3 nitrogen and oxygen atoms in total. The summed E-state index contributed by atoms with van der Waals surface area (Å²) in [5.41, 5.74) is 6.51. The number of hydrogen-bond acceptors (Lipinski definition) is 3. The Hall–Kier alpha value is -0.360. The van der Waals surface area contributed by atoms with Crippen molar-refractivity contribution in [3.8, 4) is 5.88 Å². The van der Waals surface area contributed by atoms with Gasteiger partial charge in [-0.2, -0.15) is 0 Å². The van der Waals surface area contributed by atoms with Crippen LogP contribution in [-0.4, -0.2) is 11.1 Å². The van der Waals surface area contributed by atoms with Gasteiger partial charge in [0.2, 0.25) is 5.88 Å². The zero-order valence-electron chi connectivity index (χ0n) is 7.75. The average Bonchev–Trinajstić information content (AvgIpc) is 2.08. The Bertz CT molecular complexity index is 289. The Morgan fingerprint density at radius 3 is 2.77 bits per heavy atom. The van der Waals surface area contributed by atoms with E-state index in [1.54, 1.807) is 6.20 Å². The summed E-state index contributed by atoms with van der Waals surface area (Å²) in [5.74, 6) is 0.688. The van der Waals surface area contributed by atoms with Gasteiger partial charge in [-0.25, -0.2) is 4.98 Å². The molecule has 1 rings (SSSR count). The molecule has 0 fully saturated rings. The SMILES string of the molecule is CC(C)Oc1ncc(CN)cc1I. The molecule has 0 aromatic carbocycles. The zero-order chi connectivity index (χ0) is 9.84. The van der Waals surface area contributed by atoms with E-state index in [-0.39, 0.29) is 6.10 Å². The summed E-state index contributed by atoms with van der Waals surface area (Å²) in [6.07, 6.45) is 1.91. The third kappa shape index (κ3) is 3.11. The highest BCUT2D eigenvalue weighted by Gasteiger charge is 2.05. The number of nitrogens with zero attached hydrogens (tertiary/aromatic N) is 1. The van der Waals surface area contributed by atoms with Gasteiger partial charge in [-0.3, -0.25) is 0 Å². The molecule has 1 heterocycles. The van der Waals surface area contributed by atoms with Crippen LogP contribution < -0.4 is 10.5 Å². The summed E-state index contributed by atoms with van der Waals surface area (Å²) in [6, 6.07) is 1.99. The second-order valence-corrected chi connectivity index (χ2v) is 4.16. The first-order valence-electron chi connectivity index (χ1n) is 4.14. The van der Waals surface area contributed by atoms with Crippen molar-refractivity contribution in [1.82, 2.24) is 4.98 Å². The molecule has 0 bridgehead atoms. The Labute approximate surface area is 91.8 Å². The molecular formula is C9H13IN2O. The van der Waals surface area contributed by atoms with Crippen LogP contribution in [0.3, 0.4) is 0 Å². The molecule has 72 valence electrons. The summed E-state index contributed by atoms with van der Waals surface area (Å²) < 4.78 is 6.49. The predicted octanol–water partition coefficient (Wildman–Crippen LogP) is 1.93. The molecule has 0 aliphatic rings. The third-order valence-corrected chi connectivity index (χ3v) is 2.22. The van der Waals surface area contributed by atoms with Crippen molar-refractivity contribution in [1.29, 1.82) is 0 Å². The molecule has 2 N–H and O–H groups in total. The van der Waals surface area contributed by atoms with Gasteiger partial charge in [0.15, 0.2) is 0 Å². The molecule has 0 saturated heterocycles. The lowest BCUT2D eigenvalue weighted by molar-refractivity contribution is 0.230. The minimum absolute atomic E-state index is 0.157. The fraction of sp³-hybridized carbons (Fsp3) is 0.444. The van der Waals surface area contributed by atoms with Gasteiger partial charge in [-0.05, 0) is 48.1 Å². The highest BCUT2D eigenvalue weighted by molar-refractivity contribution is 14.1. The molecule has 13 heavy (non-hydrogen) atoms. The van der Waals surface area contributed by atoms with Crippen LogP contribution in [0.25, 0.3) is 0 Å². The average molecular weight is 292 g/mol. The quantitative estimate of drug-likeness (QED) is 0.866. The highest BCUT2D eigenvalue weighted by Crippen LogP contribution is 2.19. The molecule has 0 aliphatic heterocycles. The smallest absolute Gasteiger partial charge is 0.227 e. The van der Waals surface area contributed by atoms with Crippen LogP contribution in [0.4, 0.5) is 0 Å². The number of aromatic nitrogens is 1. The van der Waals surface area contributed by atoms with Gasteiger partial charge in [-0.1, -0.05) is 0 Å². The number of halogens is 1. The first-order valence-corrected chi connectivity index (χ1v) is 5.22. The molecule has 0 aliphatic carbocycles. The van der Waals surface area contributed by atoms with Crippen LogP contribution >= 0.6 is 22.6 Å². The van der Waals surface area contributed by atoms with E-state index in [1.807, 2.05) is 19.9 Å². The van der Waals surface area contributed by atoms with Gasteiger partial charge < -0.3 is 10.5 Å². The van der Waals surface area contributed by atoms with E-state index in [9.17, 15) is 0 Å². The van der Waals surface area contributed by atoms with Crippen molar-refractivity contribution >= 4 is 22.6 Å². The molecule has 0 amide bonds. The summed E-state index contributed by atoms with van der Waals surface area (Å²) in [4.78, 5) is 4.18. The number of hydrogen-bond donors (Lipinski definition) is 1. The normalized spacial score (nSPS) is 10.5. The number of ether oxygens (including phenoxy) is 1. The van der Waals surface area contributed by atoms with Crippen molar-refractivity contribution in [3.63, 3.8) is 0 Å². The second kappa shape index (κ2) is 4.76. The van der Waals surface area contributed by atoms with Gasteiger partial charge in [0.05, 0.1) is 9.67 Å². The topological polar surface area (TPSA) is 48.1 Å². The first kappa shape index (κ1) is 10.7. The van der Waals surface area contributed by atoms with Gasteiger partial charge in [0, 0.05) is 12.7 Å². The maximum absolute atomic E-state index is 5.49. The molecule has 4 heteroatoms. The Morgan fingerprint density at radius 2 is 2.31 bits per heavy atom. The number of pyridine rings is 1. The lowest BCUT2D eigenvalue weighted by atomic mass is 10.3. The lowest BCUT2D eigenvalue weighted by Crippen LogP contribution is -2.09. The van der Waals surface area contributed by atoms with E-state index in [0.29, 0.717) is 12.4 Å². The maximum Gasteiger partial charge on any atom is 0.227 e.